The highest BCUT2D eigenvalue weighted by Gasteiger charge is 2.09. The lowest BCUT2D eigenvalue weighted by Crippen LogP contribution is -2.14. The van der Waals surface area contributed by atoms with Crippen LogP contribution in [-0.2, 0) is 0 Å². The molecule has 1 aromatic carbocycles. The molecule has 0 spiro atoms. The lowest BCUT2D eigenvalue weighted by atomic mass is 10.2. The molecule has 1 amide bonds. The average Bonchev–Trinajstić information content (AvgIpc) is 2.41. The first-order chi connectivity index (χ1) is 8.70. The van der Waals surface area contributed by atoms with Gasteiger partial charge in [-0.25, -0.2) is 0 Å². The summed E-state index contributed by atoms with van der Waals surface area (Å²) in [6.07, 6.45) is 1.44. The average molecular weight is 302 g/mol. The summed E-state index contributed by atoms with van der Waals surface area (Å²) in [5.74, 6) is -0.348. The molecule has 0 fully saturated rings. The number of nitrogens with one attached hydrogen (secondary N) is 1. The molecule has 1 aromatic heterocycles. The number of carbonyl (C=O) groups is 1. The van der Waals surface area contributed by atoms with E-state index in [2.05, 4.69) is 26.2 Å². The molecule has 1 heterocycles. The van der Waals surface area contributed by atoms with Gasteiger partial charge in [-0.3, -0.25) is 9.78 Å². The number of para-hydroxylation sites is 1. The van der Waals surface area contributed by atoms with Crippen LogP contribution >= 0.6 is 15.9 Å². The molecule has 0 saturated carbocycles. The molecule has 0 bridgehead atoms. The van der Waals surface area contributed by atoms with Gasteiger partial charge in [-0.15, -0.1) is 0 Å². The zero-order valence-electron chi connectivity index (χ0n) is 9.22. The third-order valence-electron chi connectivity index (χ3n) is 2.24. The van der Waals surface area contributed by atoms with Gasteiger partial charge < -0.3 is 5.32 Å². The van der Waals surface area contributed by atoms with Crippen LogP contribution in [0.1, 0.15) is 16.1 Å². The molecule has 0 aliphatic heterocycles. The largest absolute Gasteiger partial charge is 0.320 e. The van der Waals surface area contributed by atoms with Gasteiger partial charge in [0, 0.05) is 10.7 Å². The molecular weight excluding hydrogens is 294 g/mol. The van der Waals surface area contributed by atoms with E-state index in [4.69, 9.17) is 5.26 Å². The predicted octanol–water partition coefficient (Wildman–Crippen LogP) is 2.97. The van der Waals surface area contributed by atoms with Gasteiger partial charge in [0.25, 0.3) is 5.91 Å². The molecule has 88 valence electrons. The zero-order valence-corrected chi connectivity index (χ0v) is 10.8. The Kier molecular flexibility index (Phi) is 3.70. The van der Waals surface area contributed by atoms with E-state index in [0.29, 0.717) is 11.3 Å². The van der Waals surface area contributed by atoms with Crippen LogP contribution in [0.3, 0.4) is 0 Å². The summed E-state index contributed by atoms with van der Waals surface area (Å²) < 4.78 is 0.787. The third-order valence-corrected chi connectivity index (χ3v) is 2.94. The topological polar surface area (TPSA) is 65.8 Å². The molecule has 5 heteroatoms. The van der Waals surface area contributed by atoms with Crippen LogP contribution in [0.15, 0.2) is 47.1 Å². The number of benzene rings is 1. The summed E-state index contributed by atoms with van der Waals surface area (Å²) in [4.78, 5) is 15.9. The predicted molar refractivity (Wildman–Crippen MR) is 71.0 cm³/mol. The second-order valence-electron chi connectivity index (χ2n) is 3.48. The Bertz CT molecular complexity index is 634. The third kappa shape index (κ3) is 2.73. The molecule has 0 radical (unpaired) electrons. The van der Waals surface area contributed by atoms with Gasteiger partial charge in [0.2, 0.25) is 0 Å². The van der Waals surface area contributed by atoms with E-state index < -0.39 is 0 Å². The Labute approximate surface area is 112 Å². The number of rotatable bonds is 2. The normalized spacial score (nSPS) is 9.56. The molecular formula is C13H8BrN3O. The van der Waals surface area contributed by atoms with Crippen molar-refractivity contribution in [3.63, 3.8) is 0 Å². The van der Waals surface area contributed by atoms with Gasteiger partial charge in [-0.05, 0) is 40.2 Å². The molecule has 18 heavy (non-hydrogen) atoms. The Balaban J connectivity index is 2.23. The number of aromatic nitrogens is 1. The van der Waals surface area contributed by atoms with Gasteiger partial charge in [0.15, 0.2) is 0 Å². The minimum Gasteiger partial charge on any atom is -0.320 e. The Morgan fingerprint density at radius 1 is 1.33 bits per heavy atom. The fraction of sp³-hybridized carbons (Fsp3) is 0. The molecule has 0 aliphatic rings. The highest BCUT2D eigenvalue weighted by molar-refractivity contribution is 9.10. The van der Waals surface area contributed by atoms with E-state index in [1.165, 1.54) is 12.3 Å². The van der Waals surface area contributed by atoms with Crippen LogP contribution in [0.5, 0.6) is 0 Å². The van der Waals surface area contributed by atoms with Gasteiger partial charge in [-0.1, -0.05) is 12.1 Å². The van der Waals surface area contributed by atoms with Crippen molar-refractivity contribution in [3.8, 4) is 6.07 Å². The Morgan fingerprint density at radius 2 is 2.11 bits per heavy atom. The standard InChI is InChI=1S/C13H8BrN3O/c14-10-3-1-2-4-11(10)17-13(18)12-7-9(8-15)5-6-16-12/h1-7H,(H,17,18). The molecule has 0 atom stereocenters. The van der Waals surface area contributed by atoms with Gasteiger partial charge in [-0.2, -0.15) is 5.26 Å². The smallest absolute Gasteiger partial charge is 0.274 e. The summed E-state index contributed by atoms with van der Waals surface area (Å²) in [6, 6.07) is 12.2. The molecule has 0 saturated heterocycles. The van der Waals surface area contributed by atoms with Crippen molar-refractivity contribution in [2.75, 3.05) is 5.32 Å². The number of halogens is 1. The SMILES string of the molecule is N#Cc1ccnc(C(=O)Nc2ccccc2Br)c1. The van der Waals surface area contributed by atoms with E-state index in [-0.39, 0.29) is 11.6 Å². The number of nitriles is 1. The van der Waals surface area contributed by atoms with Crippen molar-refractivity contribution in [2.45, 2.75) is 0 Å². The quantitative estimate of drug-likeness (QED) is 0.927. The molecule has 0 unspecified atom stereocenters. The molecule has 1 N–H and O–H groups in total. The van der Waals surface area contributed by atoms with Gasteiger partial charge in [0.1, 0.15) is 5.69 Å². The van der Waals surface area contributed by atoms with Crippen molar-refractivity contribution in [1.29, 1.82) is 5.26 Å². The number of hydrogen-bond donors (Lipinski definition) is 1. The van der Waals surface area contributed by atoms with Crippen LogP contribution in [0, 0.1) is 11.3 Å². The zero-order chi connectivity index (χ0) is 13.0. The summed E-state index contributed by atoms with van der Waals surface area (Å²) in [5, 5.41) is 11.5. The number of pyridine rings is 1. The maximum atomic E-state index is 11.9. The van der Waals surface area contributed by atoms with E-state index in [9.17, 15) is 4.79 Å². The lowest BCUT2D eigenvalue weighted by Gasteiger charge is -2.06. The summed E-state index contributed by atoms with van der Waals surface area (Å²) in [7, 11) is 0. The monoisotopic (exact) mass is 301 g/mol. The van der Waals surface area contributed by atoms with Crippen molar-refractivity contribution in [2.24, 2.45) is 0 Å². The first kappa shape index (κ1) is 12.3. The van der Waals surface area contributed by atoms with Crippen LogP contribution in [0.4, 0.5) is 5.69 Å². The Morgan fingerprint density at radius 3 is 2.83 bits per heavy atom. The van der Waals surface area contributed by atoms with Gasteiger partial charge in [0.05, 0.1) is 17.3 Å². The molecule has 4 nitrogen and oxygen atoms in total. The minimum absolute atomic E-state index is 0.213. The maximum absolute atomic E-state index is 11.9. The van der Waals surface area contributed by atoms with Crippen LogP contribution in [0.2, 0.25) is 0 Å². The van der Waals surface area contributed by atoms with Crippen LogP contribution in [-0.4, -0.2) is 10.9 Å². The lowest BCUT2D eigenvalue weighted by molar-refractivity contribution is 0.102. The summed E-state index contributed by atoms with van der Waals surface area (Å²) >= 11 is 3.34. The fourth-order valence-corrected chi connectivity index (χ4v) is 1.76. The molecule has 2 aromatic rings. The second kappa shape index (κ2) is 5.43. The first-order valence-electron chi connectivity index (χ1n) is 5.13. The number of anilines is 1. The van der Waals surface area contributed by atoms with E-state index >= 15 is 0 Å². The first-order valence-corrected chi connectivity index (χ1v) is 5.92. The van der Waals surface area contributed by atoms with Crippen molar-refractivity contribution < 1.29 is 4.79 Å². The number of nitrogens with zero attached hydrogens (tertiary/aromatic N) is 2. The Hall–Kier alpha value is -2.19. The van der Waals surface area contributed by atoms with E-state index in [1.54, 1.807) is 12.1 Å². The maximum Gasteiger partial charge on any atom is 0.274 e. The van der Waals surface area contributed by atoms with Crippen molar-refractivity contribution >= 4 is 27.5 Å². The summed E-state index contributed by atoms with van der Waals surface area (Å²) in [5.41, 5.74) is 1.28. The van der Waals surface area contributed by atoms with E-state index in [1.807, 2.05) is 24.3 Å². The fourth-order valence-electron chi connectivity index (χ4n) is 1.37. The molecule has 0 aliphatic carbocycles. The van der Waals surface area contributed by atoms with Crippen molar-refractivity contribution in [3.05, 3.63) is 58.3 Å². The number of amides is 1. The highest BCUT2D eigenvalue weighted by Crippen LogP contribution is 2.21. The van der Waals surface area contributed by atoms with E-state index in [0.717, 1.165) is 4.47 Å². The van der Waals surface area contributed by atoms with Crippen molar-refractivity contribution in [1.82, 2.24) is 4.98 Å². The van der Waals surface area contributed by atoms with Gasteiger partial charge >= 0.3 is 0 Å². The highest BCUT2D eigenvalue weighted by atomic mass is 79.9. The number of hydrogen-bond acceptors (Lipinski definition) is 3. The van der Waals surface area contributed by atoms with Crippen LogP contribution < -0.4 is 5.32 Å². The number of carbonyl (C=O) groups excluding carboxylic acids is 1. The van der Waals surface area contributed by atoms with Crippen LogP contribution in [0.25, 0.3) is 0 Å². The molecule has 2 rings (SSSR count). The summed E-state index contributed by atoms with van der Waals surface area (Å²) in [6.45, 7) is 0. The minimum atomic E-state index is -0.348. The second-order valence-corrected chi connectivity index (χ2v) is 4.33.